The van der Waals surface area contributed by atoms with Crippen molar-refractivity contribution in [1.29, 1.82) is 0 Å². The molecule has 5 aromatic carbocycles. The van der Waals surface area contributed by atoms with E-state index < -0.39 is 0 Å². The largest absolute Gasteiger partial charge is 0.338 e. The molecule has 146 valence electrons. The fourth-order valence-electron chi connectivity index (χ4n) is 4.39. The topological polar surface area (TPSA) is 3.24 Å². The third-order valence-corrected chi connectivity index (χ3v) is 5.77. The molecule has 0 aliphatic rings. The SMILES string of the molecule is CC(C)N(c1ccc(-c2ccccc2)cc1)c1cc2ccccc2c2ccccc12. The minimum absolute atomic E-state index is 0.331. The van der Waals surface area contributed by atoms with E-state index in [0.717, 1.165) is 0 Å². The van der Waals surface area contributed by atoms with Crippen LogP contribution >= 0.6 is 0 Å². The van der Waals surface area contributed by atoms with Crippen molar-refractivity contribution in [2.75, 3.05) is 4.90 Å². The quantitative estimate of drug-likeness (QED) is 0.281. The molecule has 1 heteroatoms. The van der Waals surface area contributed by atoms with Crippen molar-refractivity contribution in [3.63, 3.8) is 0 Å². The molecule has 30 heavy (non-hydrogen) atoms. The van der Waals surface area contributed by atoms with Crippen molar-refractivity contribution in [3.8, 4) is 11.1 Å². The average Bonchev–Trinajstić information content (AvgIpc) is 2.80. The molecule has 0 aromatic heterocycles. The predicted octanol–water partition coefficient (Wildman–Crippen LogP) is 8.21. The summed E-state index contributed by atoms with van der Waals surface area (Å²) < 4.78 is 0. The van der Waals surface area contributed by atoms with Crippen LogP contribution < -0.4 is 4.90 Å². The zero-order chi connectivity index (χ0) is 20.5. The van der Waals surface area contributed by atoms with Crippen LogP contribution in [0.3, 0.4) is 0 Å². The number of nitrogens with zero attached hydrogens (tertiary/aromatic N) is 1. The summed E-state index contributed by atoms with van der Waals surface area (Å²) in [5.74, 6) is 0. The Morgan fingerprint density at radius 3 is 1.80 bits per heavy atom. The van der Waals surface area contributed by atoms with Gasteiger partial charge < -0.3 is 4.90 Å². The van der Waals surface area contributed by atoms with Crippen LogP contribution in [0.5, 0.6) is 0 Å². The van der Waals surface area contributed by atoms with Gasteiger partial charge in [0.05, 0.1) is 0 Å². The van der Waals surface area contributed by atoms with Crippen LogP contribution in [0.15, 0.2) is 109 Å². The van der Waals surface area contributed by atoms with E-state index in [-0.39, 0.29) is 0 Å². The van der Waals surface area contributed by atoms with Crippen LogP contribution in [0.4, 0.5) is 11.4 Å². The summed E-state index contributed by atoms with van der Waals surface area (Å²) in [5.41, 5.74) is 4.96. The second kappa shape index (κ2) is 7.68. The normalized spacial score (nSPS) is 11.3. The third-order valence-electron chi connectivity index (χ3n) is 5.77. The Morgan fingerprint density at radius 2 is 1.10 bits per heavy atom. The van der Waals surface area contributed by atoms with E-state index in [2.05, 4.69) is 128 Å². The highest BCUT2D eigenvalue weighted by Crippen LogP contribution is 2.39. The highest BCUT2D eigenvalue weighted by molar-refractivity contribution is 6.13. The smallest absolute Gasteiger partial charge is 0.0499 e. The number of rotatable bonds is 4. The van der Waals surface area contributed by atoms with Crippen LogP contribution in [0.25, 0.3) is 32.7 Å². The molecule has 1 nitrogen and oxygen atoms in total. The molecular formula is C29H25N. The number of hydrogen-bond donors (Lipinski definition) is 0. The van der Waals surface area contributed by atoms with E-state index in [9.17, 15) is 0 Å². The van der Waals surface area contributed by atoms with Crippen LogP contribution in [0.2, 0.25) is 0 Å². The van der Waals surface area contributed by atoms with Crippen LogP contribution in [0, 0.1) is 0 Å². The van der Waals surface area contributed by atoms with Gasteiger partial charge in [-0.3, -0.25) is 0 Å². The molecule has 0 spiro atoms. The maximum Gasteiger partial charge on any atom is 0.0499 e. The molecule has 0 aliphatic carbocycles. The highest BCUT2D eigenvalue weighted by atomic mass is 15.2. The van der Waals surface area contributed by atoms with Gasteiger partial charge in [-0.15, -0.1) is 0 Å². The molecule has 0 aliphatic heterocycles. The number of benzene rings is 5. The molecule has 0 saturated carbocycles. The second-order valence-corrected chi connectivity index (χ2v) is 8.04. The van der Waals surface area contributed by atoms with Gasteiger partial charge >= 0.3 is 0 Å². The van der Waals surface area contributed by atoms with Gasteiger partial charge in [0.1, 0.15) is 0 Å². The molecular weight excluding hydrogens is 362 g/mol. The molecule has 0 amide bonds. The molecule has 5 aromatic rings. The predicted molar refractivity (Wildman–Crippen MR) is 131 cm³/mol. The summed E-state index contributed by atoms with van der Waals surface area (Å²) in [6.45, 7) is 4.52. The summed E-state index contributed by atoms with van der Waals surface area (Å²) >= 11 is 0. The zero-order valence-corrected chi connectivity index (χ0v) is 17.4. The van der Waals surface area contributed by atoms with Crippen molar-refractivity contribution in [1.82, 2.24) is 0 Å². The summed E-state index contributed by atoms with van der Waals surface area (Å²) in [6, 6.07) is 39.6. The summed E-state index contributed by atoms with van der Waals surface area (Å²) in [5, 5.41) is 5.17. The van der Waals surface area contributed by atoms with Crippen molar-refractivity contribution in [2.45, 2.75) is 19.9 Å². The first-order valence-corrected chi connectivity index (χ1v) is 10.6. The molecule has 0 unspecified atom stereocenters. The maximum atomic E-state index is 2.45. The molecule has 5 rings (SSSR count). The van der Waals surface area contributed by atoms with E-state index in [4.69, 9.17) is 0 Å². The van der Waals surface area contributed by atoms with Crippen LogP contribution in [-0.4, -0.2) is 6.04 Å². The Morgan fingerprint density at radius 1 is 0.533 bits per heavy atom. The zero-order valence-electron chi connectivity index (χ0n) is 17.4. The summed E-state index contributed by atoms with van der Waals surface area (Å²) in [4.78, 5) is 2.45. The molecule has 0 N–H and O–H groups in total. The fraction of sp³-hybridized carbons (Fsp3) is 0.103. The molecule has 0 saturated heterocycles. The molecule has 0 fully saturated rings. The minimum Gasteiger partial charge on any atom is -0.338 e. The average molecular weight is 388 g/mol. The Bertz CT molecular complexity index is 1300. The van der Waals surface area contributed by atoms with Gasteiger partial charge in [-0.2, -0.15) is 0 Å². The van der Waals surface area contributed by atoms with Crippen molar-refractivity contribution in [3.05, 3.63) is 109 Å². The minimum atomic E-state index is 0.331. The standard InChI is InChI=1S/C29H25N/c1-21(2)30(25-18-16-23(17-19-25)22-10-4-3-5-11-22)29-20-24-12-6-7-13-26(24)27-14-8-9-15-28(27)29/h3-21H,1-2H3. The Kier molecular flexibility index (Phi) is 4.72. The number of anilines is 2. The van der Waals surface area contributed by atoms with Crippen LogP contribution in [-0.2, 0) is 0 Å². The van der Waals surface area contributed by atoms with Crippen molar-refractivity contribution < 1.29 is 0 Å². The first kappa shape index (κ1) is 18.4. The van der Waals surface area contributed by atoms with Gasteiger partial charge in [0.2, 0.25) is 0 Å². The maximum absolute atomic E-state index is 2.45. The Hall–Kier alpha value is -3.58. The highest BCUT2D eigenvalue weighted by Gasteiger charge is 2.17. The lowest BCUT2D eigenvalue weighted by atomic mass is 9.98. The molecule has 0 atom stereocenters. The Balaban J connectivity index is 1.67. The fourth-order valence-corrected chi connectivity index (χ4v) is 4.39. The van der Waals surface area contributed by atoms with Crippen molar-refractivity contribution >= 4 is 32.9 Å². The number of hydrogen-bond acceptors (Lipinski definition) is 1. The van der Waals surface area contributed by atoms with Crippen molar-refractivity contribution in [2.24, 2.45) is 0 Å². The van der Waals surface area contributed by atoms with E-state index in [1.165, 1.54) is 44.0 Å². The van der Waals surface area contributed by atoms with Gasteiger partial charge in [0.15, 0.2) is 0 Å². The van der Waals surface area contributed by atoms with Gasteiger partial charge in [-0.05, 0) is 59.3 Å². The summed E-state index contributed by atoms with van der Waals surface area (Å²) in [6.07, 6.45) is 0. The second-order valence-electron chi connectivity index (χ2n) is 8.04. The van der Waals surface area contributed by atoms with E-state index in [0.29, 0.717) is 6.04 Å². The first-order valence-electron chi connectivity index (χ1n) is 10.6. The van der Waals surface area contributed by atoms with Gasteiger partial charge in [0, 0.05) is 22.8 Å². The van der Waals surface area contributed by atoms with E-state index >= 15 is 0 Å². The first-order chi connectivity index (χ1) is 14.7. The molecule has 0 radical (unpaired) electrons. The third kappa shape index (κ3) is 3.23. The lowest BCUT2D eigenvalue weighted by Gasteiger charge is -2.31. The molecule has 0 heterocycles. The lowest BCUT2D eigenvalue weighted by molar-refractivity contribution is 0.792. The Labute approximate surface area is 178 Å². The van der Waals surface area contributed by atoms with E-state index in [1.54, 1.807) is 0 Å². The van der Waals surface area contributed by atoms with Gasteiger partial charge in [-0.1, -0.05) is 91.0 Å². The lowest BCUT2D eigenvalue weighted by Crippen LogP contribution is -2.25. The van der Waals surface area contributed by atoms with Crippen LogP contribution in [0.1, 0.15) is 13.8 Å². The summed E-state index contributed by atoms with van der Waals surface area (Å²) in [7, 11) is 0. The van der Waals surface area contributed by atoms with Gasteiger partial charge in [-0.25, -0.2) is 0 Å². The van der Waals surface area contributed by atoms with E-state index in [1.807, 2.05) is 0 Å². The number of fused-ring (bicyclic) bond motifs is 3. The molecule has 0 bridgehead atoms. The van der Waals surface area contributed by atoms with Gasteiger partial charge in [0.25, 0.3) is 0 Å². The monoisotopic (exact) mass is 387 g/mol.